The van der Waals surface area contributed by atoms with Crippen molar-refractivity contribution in [1.82, 2.24) is 4.98 Å². The lowest BCUT2D eigenvalue weighted by atomic mass is 10.1. The van der Waals surface area contributed by atoms with Gasteiger partial charge >= 0.3 is 0 Å². The molecule has 0 saturated carbocycles. The number of nitriles is 1. The summed E-state index contributed by atoms with van der Waals surface area (Å²) in [5.74, 6) is -3.74. The van der Waals surface area contributed by atoms with Crippen molar-refractivity contribution in [3.63, 3.8) is 0 Å². The van der Waals surface area contributed by atoms with Crippen LogP contribution in [-0.2, 0) is 6.42 Å². The van der Waals surface area contributed by atoms with Crippen molar-refractivity contribution < 1.29 is 18.0 Å². The summed E-state index contributed by atoms with van der Waals surface area (Å²) in [4.78, 5) is 19.1. The smallest absolute Gasteiger partial charge is 0.259 e. The van der Waals surface area contributed by atoms with Gasteiger partial charge in [-0.2, -0.15) is 5.26 Å². The van der Waals surface area contributed by atoms with Gasteiger partial charge in [0.2, 0.25) is 5.92 Å². The molecule has 1 aromatic carbocycles. The Balaban J connectivity index is 1.96. The number of anilines is 2. The molecule has 0 radical (unpaired) electrons. The molecule has 1 aliphatic rings. The number of alkyl halides is 2. The number of carbonyl (C=O) groups is 1. The Kier molecular flexibility index (Phi) is 6.52. The topological polar surface area (TPSA) is 69.0 Å². The van der Waals surface area contributed by atoms with Crippen LogP contribution < -0.4 is 10.2 Å². The molecule has 1 fully saturated rings. The van der Waals surface area contributed by atoms with E-state index in [1.54, 1.807) is 11.0 Å². The maximum absolute atomic E-state index is 13.8. The van der Waals surface area contributed by atoms with Gasteiger partial charge in [0.1, 0.15) is 17.7 Å². The van der Waals surface area contributed by atoms with Crippen LogP contribution in [0.5, 0.6) is 0 Å². The Morgan fingerprint density at radius 3 is 2.80 bits per heavy atom. The molecule has 1 saturated heterocycles. The second-order valence-corrected chi connectivity index (χ2v) is 7.51. The van der Waals surface area contributed by atoms with Gasteiger partial charge < -0.3 is 10.2 Å². The molecule has 9 heteroatoms. The first-order valence-corrected chi connectivity index (χ1v) is 9.95. The predicted molar refractivity (Wildman–Crippen MR) is 109 cm³/mol. The van der Waals surface area contributed by atoms with Crippen LogP contribution in [0.25, 0.3) is 0 Å². The second kappa shape index (κ2) is 8.92. The quantitative estimate of drug-likeness (QED) is 0.716. The molecule has 30 heavy (non-hydrogen) atoms. The van der Waals surface area contributed by atoms with Crippen molar-refractivity contribution in [3.05, 3.63) is 51.9 Å². The average molecular weight is 437 g/mol. The SMILES string of the molecule is CCc1nc(N2CCCC(F)(F)CC2)c(C(=O)Nc2ccc(F)c(C#N)c2)cc1Cl. The largest absolute Gasteiger partial charge is 0.356 e. The molecule has 0 bridgehead atoms. The molecule has 0 spiro atoms. The van der Waals surface area contributed by atoms with Gasteiger partial charge in [-0.25, -0.2) is 18.2 Å². The third-order valence-electron chi connectivity index (χ3n) is 4.97. The van der Waals surface area contributed by atoms with E-state index in [0.29, 0.717) is 23.7 Å². The van der Waals surface area contributed by atoms with Gasteiger partial charge in [-0.15, -0.1) is 0 Å². The lowest BCUT2D eigenvalue weighted by molar-refractivity contribution is -0.0102. The van der Waals surface area contributed by atoms with Gasteiger partial charge in [0.25, 0.3) is 5.91 Å². The first kappa shape index (κ1) is 21.9. The summed E-state index contributed by atoms with van der Waals surface area (Å²) in [7, 11) is 0. The summed E-state index contributed by atoms with van der Waals surface area (Å²) in [6, 6.07) is 6.81. The van der Waals surface area contributed by atoms with Crippen LogP contribution in [0.2, 0.25) is 5.02 Å². The Morgan fingerprint density at radius 2 is 2.10 bits per heavy atom. The first-order chi connectivity index (χ1) is 14.2. The van der Waals surface area contributed by atoms with Gasteiger partial charge in [-0.1, -0.05) is 18.5 Å². The number of nitrogens with one attached hydrogen (secondary N) is 1. The summed E-state index contributed by atoms with van der Waals surface area (Å²) in [6.45, 7) is 2.25. The summed E-state index contributed by atoms with van der Waals surface area (Å²) in [6.07, 6.45) is 0.236. The maximum Gasteiger partial charge on any atom is 0.259 e. The number of amides is 1. The zero-order valence-corrected chi connectivity index (χ0v) is 17.1. The minimum Gasteiger partial charge on any atom is -0.356 e. The van der Waals surface area contributed by atoms with Crippen LogP contribution >= 0.6 is 11.6 Å². The molecule has 2 aromatic rings. The number of benzene rings is 1. The van der Waals surface area contributed by atoms with E-state index in [1.807, 2.05) is 6.92 Å². The van der Waals surface area contributed by atoms with Gasteiger partial charge in [0, 0.05) is 31.6 Å². The molecule has 1 N–H and O–H groups in total. The van der Waals surface area contributed by atoms with E-state index in [-0.39, 0.29) is 48.4 Å². The van der Waals surface area contributed by atoms with E-state index in [1.165, 1.54) is 18.2 Å². The predicted octanol–water partition coefficient (Wildman–Crippen LogP) is 5.19. The summed E-state index contributed by atoms with van der Waals surface area (Å²) >= 11 is 6.26. The van der Waals surface area contributed by atoms with Crippen molar-refractivity contribution in [3.8, 4) is 6.07 Å². The fraction of sp³-hybridized carbons (Fsp3) is 0.381. The summed E-state index contributed by atoms with van der Waals surface area (Å²) in [5, 5.41) is 11.9. The lowest BCUT2D eigenvalue weighted by Crippen LogP contribution is -2.29. The van der Waals surface area contributed by atoms with Crippen molar-refractivity contribution in [2.45, 2.75) is 38.5 Å². The number of aromatic nitrogens is 1. The highest BCUT2D eigenvalue weighted by atomic mass is 35.5. The molecule has 158 valence electrons. The highest BCUT2D eigenvalue weighted by Crippen LogP contribution is 2.32. The molecular weight excluding hydrogens is 417 g/mol. The number of hydrogen-bond acceptors (Lipinski definition) is 4. The van der Waals surface area contributed by atoms with Crippen molar-refractivity contribution in [2.24, 2.45) is 0 Å². The van der Waals surface area contributed by atoms with Crippen LogP contribution in [0, 0.1) is 17.1 Å². The first-order valence-electron chi connectivity index (χ1n) is 9.57. The highest BCUT2D eigenvalue weighted by molar-refractivity contribution is 6.31. The Hall–Kier alpha value is -2.79. The molecule has 1 aliphatic heterocycles. The Morgan fingerprint density at radius 1 is 1.33 bits per heavy atom. The van der Waals surface area contributed by atoms with Gasteiger partial charge in [-0.05, 0) is 37.1 Å². The fourth-order valence-electron chi connectivity index (χ4n) is 3.33. The van der Waals surface area contributed by atoms with E-state index < -0.39 is 17.6 Å². The highest BCUT2D eigenvalue weighted by Gasteiger charge is 2.33. The number of halogens is 4. The molecule has 5 nitrogen and oxygen atoms in total. The molecule has 2 heterocycles. The van der Waals surface area contributed by atoms with E-state index in [0.717, 1.165) is 6.07 Å². The number of nitrogens with zero attached hydrogens (tertiary/aromatic N) is 3. The zero-order chi connectivity index (χ0) is 21.9. The number of carbonyl (C=O) groups excluding carboxylic acids is 1. The normalized spacial score (nSPS) is 15.9. The minimum absolute atomic E-state index is 0.0557. The third-order valence-corrected chi connectivity index (χ3v) is 5.30. The summed E-state index contributed by atoms with van der Waals surface area (Å²) < 4.78 is 41.2. The molecule has 1 amide bonds. The Labute approximate surface area is 177 Å². The van der Waals surface area contributed by atoms with Crippen LogP contribution in [0.4, 0.5) is 24.7 Å². The average Bonchev–Trinajstić information content (AvgIpc) is 2.89. The number of pyridine rings is 1. The minimum atomic E-state index is -2.75. The third kappa shape index (κ3) is 4.85. The van der Waals surface area contributed by atoms with Crippen molar-refractivity contribution in [1.29, 1.82) is 5.26 Å². The van der Waals surface area contributed by atoms with Crippen LogP contribution in [0.15, 0.2) is 24.3 Å². The zero-order valence-electron chi connectivity index (χ0n) is 16.3. The standard InChI is InChI=1S/C21H20ClF3N4O/c1-2-18-16(22)11-15(19(28-18)29-8-3-6-21(24,25)7-9-29)20(30)27-14-4-5-17(23)13(10-14)12-26/h4-5,10-11H,2-3,6-9H2,1H3,(H,27,30). The molecule has 0 unspecified atom stereocenters. The molecular formula is C21H20ClF3N4O. The molecule has 0 aliphatic carbocycles. The van der Waals surface area contributed by atoms with Gasteiger partial charge in [0.05, 0.1) is 21.8 Å². The molecule has 0 atom stereocenters. The van der Waals surface area contributed by atoms with E-state index in [2.05, 4.69) is 10.3 Å². The number of rotatable bonds is 4. The summed E-state index contributed by atoms with van der Waals surface area (Å²) in [5.41, 5.74) is 0.709. The van der Waals surface area contributed by atoms with E-state index in [9.17, 15) is 18.0 Å². The van der Waals surface area contributed by atoms with Crippen molar-refractivity contribution in [2.75, 3.05) is 23.3 Å². The maximum atomic E-state index is 13.8. The van der Waals surface area contributed by atoms with Crippen LogP contribution in [-0.4, -0.2) is 29.9 Å². The molecule has 3 rings (SSSR count). The van der Waals surface area contributed by atoms with Crippen molar-refractivity contribution >= 4 is 29.0 Å². The Bertz CT molecular complexity index is 1010. The van der Waals surface area contributed by atoms with E-state index >= 15 is 0 Å². The number of hydrogen-bond donors (Lipinski definition) is 1. The lowest BCUT2D eigenvalue weighted by Gasteiger charge is -2.25. The van der Waals surface area contributed by atoms with Gasteiger partial charge in [-0.3, -0.25) is 4.79 Å². The molecule has 1 aromatic heterocycles. The second-order valence-electron chi connectivity index (χ2n) is 7.10. The van der Waals surface area contributed by atoms with Gasteiger partial charge in [0.15, 0.2) is 0 Å². The van der Waals surface area contributed by atoms with Crippen LogP contribution in [0.1, 0.15) is 47.8 Å². The monoisotopic (exact) mass is 436 g/mol. The fourth-order valence-corrected chi connectivity index (χ4v) is 3.62. The van der Waals surface area contributed by atoms with Crippen LogP contribution in [0.3, 0.4) is 0 Å². The number of aryl methyl sites for hydroxylation is 1. The van der Waals surface area contributed by atoms with E-state index in [4.69, 9.17) is 16.9 Å².